The maximum atomic E-state index is 11.3. The van der Waals surface area contributed by atoms with Crippen LogP contribution in [0, 0.1) is 23.7 Å². The Morgan fingerprint density at radius 3 is 2.00 bits per heavy atom. The second kappa shape index (κ2) is 3.69. The zero-order valence-electron chi connectivity index (χ0n) is 9.29. The maximum Gasteiger partial charge on any atom is 0.225 e. The summed E-state index contributed by atoms with van der Waals surface area (Å²) in [7, 11) is 0. The predicted octanol–water partition coefficient (Wildman–Crippen LogP) is 2.05. The molecule has 3 atom stereocenters. The summed E-state index contributed by atoms with van der Waals surface area (Å²) >= 11 is 0. The molecule has 1 aliphatic heterocycles. The van der Waals surface area contributed by atoms with E-state index in [9.17, 15) is 4.79 Å². The van der Waals surface area contributed by atoms with E-state index in [1.165, 1.54) is 0 Å². The number of nitrogens with one attached hydrogen (secondary N) is 1. The van der Waals surface area contributed by atoms with Crippen LogP contribution in [0.2, 0.25) is 0 Å². The number of β-lactam (4-membered cyclic amide) rings is 1. The second-order valence-corrected chi connectivity index (χ2v) is 4.91. The molecule has 0 aromatic rings. The summed E-state index contributed by atoms with van der Waals surface area (Å²) in [6, 6.07) is 0.410. The minimum atomic E-state index is 0.243. The van der Waals surface area contributed by atoms with Gasteiger partial charge < -0.3 is 5.32 Å². The molecule has 0 radical (unpaired) electrons. The van der Waals surface area contributed by atoms with Crippen LogP contribution in [0.4, 0.5) is 0 Å². The molecule has 0 bridgehead atoms. The van der Waals surface area contributed by atoms with E-state index < -0.39 is 0 Å². The van der Waals surface area contributed by atoms with Crippen molar-refractivity contribution < 1.29 is 4.79 Å². The lowest BCUT2D eigenvalue weighted by atomic mass is 9.72. The number of amides is 1. The van der Waals surface area contributed by atoms with Gasteiger partial charge in [-0.2, -0.15) is 0 Å². The van der Waals surface area contributed by atoms with Crippen LogP contribution in [-0.2, 0) is 4.79 Å². The maximum absolute atomic E-state index is 11.3. The Morgan fingerprint density at radius 1 is 1.15 bits per heavy atom. The fourth-order valence-corrected chi connectivity index (χ4v) is 2.01. The monoisotopic (exact) mass is 183 g/mol. The third kappa shape index (κ3) is 1.87. The molecule has 1 saturated heterocycles. The minimum Gasteiger partial charge on any atom is -0.352 e. The smallest absolute Gasteiger partial charge is 0.225 e. The lowest BCUT2D eigenvalue weighted by Crippen LogP contribution is -2.63. The van der Waals surface area contributed by atoms with E-state index in [1.807, 2.05) is 0 Å². The summed E-state index contributed by atoms with van der Waals surface area (Å²) in [5.41, 5.74) is 0. The van der Waals surface area contributed by atoms with Crippen molar-refractivity contribution in [3.63, 3.8) is 0 Å². The number of hydrogen-bond acceptors (Lipinski definition) is 1. The van der Waals surface area contributed by atoms with Crippen LogP contribution < -0.4 is 5.32 Å². The first-order valence-corrected chi connectivity index (χ1v) is 5.25. The standard InChI is InChI=1S/C11H21NO/c1-6(2)8(5)10-9(7(3)4)11(13)12-10/h6-10H,1-5H3,(H,12,13). The zero-order valence-corrected chi connectivity index (χ0v) is 9.29. The Labute approximate surface area is 81.1 Å². The second-order valence-electron chi connectivity index (χ2n) is 4.91. The summed E-state index contributed by atoms with van der Waals surface area (Å²) in [6.45, 7) is 10.9. The molecule has 13 heavy (non-hydrogen) atoms. The first-order chi connectivity index (χ1) is 5.95. The van der Waals surface area contributed by atoms with Gasteiger partial charge in [-0.1, -0.05) is 34.6 Å². The first kappa shape index (κ1) is 10.6. The van der Waals surface area contributed by atoms with E-state index in [1.54, 1.807) is 0 Å². The van der Waals surface area contributed by atoms with E-state index in [-0.39, 0.29) is 11.8 Å². The molecule has 0 aliphatic carbocycles. The number of hydrogen-bond donors (Lipinski definition) is 1. The van der Waals surface area contributed by atoms with Crippen LogP contribution >= 0.6 is 0 Å². The van der Waals surface area contributed by atoms with Gasteiger partial charge >= 0.3 is 0 Å². The summed E-state index contributed by atoms with van der Waals surface area (Å²) in [4.78, 5) is 11.3. The van der Waals surface area contributed by atoms with E-state index in [4.69, 9.17) is 0 Å². The highest BCUT2D eigenvalue weighted by molar-refractivity contribution is 5.86. The minimum absolute atomic E-state index is 0.243. The largest absolute Gasteiger partial charge is 0.352 e. The predicted molar refractivity (Wildman–Crippen MR) is 54.3 cm³/mol. The highest BCUT2D eigenvalue weighted by atomic mass is 16.2. The first-order valence-electron chi connectivity index (χ1n) is 5.25. The average molecular weight is 183 g/mol. The average Bonchev–Trinajstić information content (AvgIpc) is 1.97. The van der Waals surface area contributed by atoms with E-state index in [0.717, 1.165) is 0 Å². The molecule has 0 aromatic carbocycles. The molecule has 76 valence electrons. The molecule has 0 saturated carbocycles. The van der Waals surface area contributed by atoms with Crippen molar-refractivity contribution in [1.82, 2.24) is 5.32 Å². The molecule has 1 heterocycles. The van der Waals surface area contributed by atoms with Crippen LogP contribution in [0.3, 0.4) is 0 Å². The Bertz CT molecular complexity index is 198. The van der Waals surface area contributed by atoms with Crippen molar-refractivity contribution in [3.05, 3.63) is 0 Å². The van der Waals surface area contributed by atoms with E-state index in [2.05, 4.69) is 39.9 Å². The number of carbonyl (C=O) groups is 1. The lowest BCUT2D eigenvalue weighted by Gasteiger charge is -2.44. The summed E-state index contributed by atoms with van der Waals surface area (Å²) in [5, 5.41) is 3.02. The molecule has 1 amide bonds. The fourth-order valence-electron chi connectivity index (χ4n) is 2.01. The lowest BCUT2D eigenvalue weighted by molar-refractivity contribution is -0.139. The van der Waals surface area contributed by atoms with Gasteiger partial charge in [0, 0.05) is 6.04 Å². The van der Waals surface area contributed by atoms with Gasteiger partial charge in [0.15, 0.2) is 0 Å². The van der Waals surface area contributed by atoms with Crippen LogP contribution in [-0.4, -0.2) is 11.9 Å². The SMILES string of the molecule is CC(C)C(C)C1NC(=O)C1C(C)C. The van der Waals surface area contributed by atoms with Crippen LogP contribution in [0.1, 0.15) is 34.6 Å². The number of rotatable bonds is 3. The van der Waals surface area contributed by atoms with E-state index in [0.29, 0.717) is 23.8 Å². The summed E-state index contributed by atoms with van der Waals surface area (Å²) < 4.78 is 0. The summed E-state index contributed by atoms with van der Waals surface area (Å²) in [5.74, 6) is 2.20. The molecule has 1 aliphatic rings. The third-order valence-electron chi connectivity index (χ3n) is 3.33. The van der Waals surface area contributed by atoms with Gasteiger partial charge in [0.1, 0.15) is 0 Å². The zero-order chi connectivity index (χ0) is 10.2. The van der Waals surface area contributed by atoms with Gasteiger partial charge in [-0.05, 0) is 17.8 Å². The Balaban J connectivity index is 2.58. The molecular formula is C11H21NO. The van der Waals surface area contributed by atoms with Gasteiger partial charge in [-0.25, -0.2) is 0 Å². The Hall–Kier alpha value is -0.530. The molecule has 2 heteroatoms. The third-order valence-corrected chi connectivity index (χ3v) is 3.33. The molecule has 1 fully saturated rings. The molecule has 0 aromatic heterocycles. The topological polar surface area (TPSA) is 29.1 Å². The normalized spacial score (nSPS) is 30.2. The molecule has 2 nitrogen and oxygen atoms in total. The molecule has 0 spiro atoms. The van der Waals surface area contributed by atoms with E-state index >= 15 is 0 Å². The Kier molecular flexibility index (Phi) is 2.99. The number of carbonyl (C=O) groups excluding carboxylic acids is 1. The quantitative estimate of drug-likeness (QED) is 0.667. The fraction of sp³-hybridized carbons (Fsp3) is 0.909. The molecule has 1 N–H and O–H groups in total. The molecule has 3 unspecified atom stereocenters. The van der Waals surface area contributed by atoms with Gasteiger partial charge in [0.2, 0.25) is 5.91 Å². The van der Waals surface area contributed by atoms with Crippen molar-refractivity contribution in [3.8, 4) is 0 Å². The van der Waals surface area contributed by atoms with Crippen LogP contribution in [0.15, 0.2) is 0 Å². The van der Waals surface area contributed by atoms with Crippen LogP contribution in [0.5, 0.6) is 0 Å². The van der Waals surface area contributed by atoms with Crippen LogP contribution in [0.25, 0.3) is 0 Å². The van der Waals surface area contributed by atoms with Gasteiger partial charge in [-0.3, -0.25) is 4.79 Å². The van der Waals surface area contributed by atoms with Gasteiger partial charge in [0.25, 0.3) is 0 Å². The highest BCUT2D eigenvalue weighted by Crippen LogP contribution is 2.31. The van der Waals surface area contributed by atoms with Crippen molar-refractivity contribution in [2.24, 2.45) is 23.7 Å². The molecular weight excluding hydrogens is 162 g/mol. The van der Waals surface area contributed by atoms with Crippen molar-refractivity contribution >= 4 is 5.91 Å². The van der Waals surface area contributed by atoms with Crippen molar-refractivity contribution in [2.45, 2.75) is 40.7 Å². The Morgan fingerprint density at radius 2 is 1.69 bits per heavy atom. The van der Waals surface area contributed by atoms with Crippen molar-refractivity contribution in [2.75, 3.05) is 0 Å². The molecule has 1 rings (SSSR count). The van der Waals surface area contributed by atoms with Gasteiger partial charge in [0.05, 0.1) is 5.92 Å². The van der Waals surface area contributed by atoms with Crippen molar-refractivity contribution in [1.29, 1.82) is 0 Å². The van der Waals surface area contributed by atoms with Gasteiger partial charge in [-0.15, -0.1) is 0 Å². The summed E-state index contributed by atoms with van der Waals surface area (Å²) in [6.07, 6.45) is 0. The highest BCUT2D eigenvalue weighted by Gasteiger charge is 2.44.